The zero-order valence-corrected chi connectivity index (χ0v) is 26.1. The third-order valence-electron chi connectivity index (χ3n) is 9.10. The van der Waals surface area contributed by atoms with Crippen LogP contribution in [0.1, 0.15) is 76.8 Å². The summed E-state index contributed by atoms with van der Waals surface area (Å²) in [6.07, 6.45) is 5.37. The minimum atomic E-state index is -4.56. The van der Waals surface area contributed by atoms with Crippen molar-refractivity contribution >= 4 is 23.0 Å². The maximum absolute atomic E-state index is 13.9. The van der Waals surface area contributed by atoms with Crippen molar-refractivity contribution in [2.45, 2.75) is 77.2 Å². The van der Waals surface area contributed by atoms with Crippen molar-refractivity contribution in [1.82, 2.24) is 20.0 Å². The van der Waals surface area contributed by atoms with E-state index in [0.717, 1.165) is 54.6 Å². The molecule has 0 bridgehead atoms. The predicted molar refractivity (Wildman–Crippen MR) is 171 cm³/mol. The molecule has 1 aliphatic heterocycles. The molecule has 12 heteroatoms. The number of nitrogens with two attached hydrogens (primary N) is 2. The first kappa shape index (κ1) is 32.5. The molecule has 2 fully saturated rings. The van der Waals surface area contributed by atoms with Gasteiger partial charge in [0.05, 0.1) is 23.1 Å². The van der Waals surface area contributed by atoms with E-state index in [-0.39, 0.29) is 23.8 Å². The monoisotopic (exact) mass is 624 g/mol. The third-order valence-corrected chi connectivity index (χ3v) is 9.10. The van der Waals surface area contributed by atoms with Gasteiger partial charge in [-0.1, -0.05) is 6.07 Å². The summed E-state index contributed by atoms with van der Waals surface area (Å²) in [5.41, 5.74) is 9.52. The first-order valence-electron chi connectivity index (χ1n) is 15.5. The van der Waals surface area contributed by atoms with Crippen molar-refractivity contribution < 1.29 is 18.0 Å². The number of anilines is 2. The lowest BCUT2D eigenvalue weighted by Gasteiger charge is -2.35. The van der Waals surface area contributed by atoms with Crippen LogP contribution in [0.2, 0.25) is 0 Å². The zero-order valence-electron chi connectivity index (χ0n) is 26.1. The highest BCUT2D eigenvalue weighted by atomic mass is 19.4. The van der Waals surface area contributed by atoms with E-state index in [4.69, 9.17) is 11.6 Å². The summed E-state index contributed by atoms with van der Waals surface area (Å²) >= 11 is 0. The van der Waals surface area contributed by atoms with Gasteiger partial charge in [0.1, 0.15) is 0 Å². The molecule has 2 aliphatic rings. The van der Waals surface area contributed by atoms with Crippen LogP contribution in [0.3, 0.4) is 0 Å². The number of alkyl halides is 3. The van der Waals surface area contributed by atoms with Crippen molar-refractivity contribution in [1.29, 1.82) is 0 Å². The first-order valence-corrected chi connectivity index (χ1v) is 15.5. The number of hydrogen-bond donors (Lipinski definition) is 4. The highest BCUT2D eigenvalue weighted by Gasteiger charge is 2.32. The number of rotatable bonds is 9. The second-order valence-electron chi connectivity index (χ2n) is 12.3. The van der Waals surface area contributed by atoms with E-state index in [2.05, 4.69) is 20.6 Å². The van der Waals surface area contributed by atoms with Crippen LogP contribution in [0.15, 0.2) is 48.8 Å². The molecule has 0 radical (unpaired) electrons. The number of amides is 1. The van der Waals surface area contributed by atoms with E-state index in [9.17, 15) is 18.0 Å². The summed E-state index contributed by atoms with van der Waals surface area (Å²) in [6.45, 7) is 6.35. The number of nitrogens with one attached hydrogen (secondary N) is 2. The smallest absolute Gasteiger partial charge is 0.397 e. The second kappa shape index (κ2) is 13.6. The highest BCUT2D eigenvalue weighted by molar-refractivity contribution is 6.05. The van der Waals surface area contributed by atoms with E-state index in [1.165, 1.54) is 30.9 Å². The average Bonchev–Trinajstić information content (AvgIpc) is 3.66. The molecule has 0 unspecified atom stereocenters. The van der Waals surface area contributed by atoms with Crippen molar-refractivity contribution in [2.24, 2.45) is 18.6 Å². The number of carbonyl (C=O) groups is 1. The molecule has 1 aliphatic carbocycles. The fourth-order valence-electron chi connectivity index (χ4n) is 6.35. The van der Waals surface area contributed by atoms with Gasteiger partial charge in [0.2, 0.25) is 0 Å². The van der Waals surface area contributed by atoms with E-state index in [1.807, 2.05) is 20.9 Å². The summed E-state index contributed by atoms with van der Waals surface area (Å²) in [6, 6.07) is 9.50. The molecule has 2 aromatic carbocycles. The SMILES string of the molecule is Cc1ccc(C(=O)Nc2cc(CNC3CCC(N4CCCC4)CC3)cc(C(F)(F)F)c2)cc1N(N)/C=C(\N)c1cnn(C)c1C. The fraction of sp³-hybridized carbons (Fsp3) is 0.455. The molecular formula is C33H43F3N8O. The molecular weight excluding hydrogens is 581 g/mol. The minimum Gasteiger partial charge on any atom is -0.397 e. The Morgan fingerprint density at radius 1 is 1.09 bits per heavy atom. The molecule has 2 heterocycles. The van der Waals surface area contributed by atoms with Crippen LogP contribution in [0.5, 0.6) is 0 Å². The number of hydrazine groups is 1. The molecule has 0 atom stereocenters. The molecule has 9 nitrogen and oxygen atoms in total. The van der Waals surface area contributed by atoms with Crippen LogP contribution in [0.4, 0.5) is 24.5 Å². The van der Waals surface area contributed by atoms with Crippen molar-refractivity contribution in [2.75, 3.05) is 23.4 Å². The highest BCUT2D eigenvalue weighted by Crippen LogP contribution is 2.33. The summed E-state index contributed by atoms with van der Waals surface area (Å²) in [7, 11) is 1.81. The molecule has 45 heavy (non-hydrogen) atoms. The number of likely N-dealkylation sites (tertiary alicyclic amines) is 1. The summed E-state index contributed by atoms with van der Waals surface area (Å²) < 4.78 is 43.3. The molecule has 242 valence electrons. The molecule has 1 amide bonds. The molecule has 0 spiro atoms. The number of aryl methyl sites for hydroxylation is 2. The largest absolute Gasteiger partial charge is 0.416 e. The van der Waals surface area contributed by atoms with Gasteiger partial charge in [-0.2, -0.15) is 18.3 Å². The van der Waals surface area contributed by atoms with Crippen LogP contribution >= 0.6 is 0 Å². The maximum Gasteiger partial charge on any atom is 0.416 e. The Morgan fingerprint density at radius 3 is 2.44 bits per heavy atom. The Bertz CT molecular complexity index is 1540. The lowest BCUT2D eigenvalue weighted by atomic mass is 9.90. The zero-order chi connectivity index (χ0) is 32.3. The Labute approximate surface area is 262 Å². The van der Waals surface area contributed by atoms with Gasteiger partial charge < -0.3 is 21.3 Å². The minimum absolute atomic E-state index is 0.0762. The molecule has 5 rings (SSSR count). The molecule has 3 aromatic rings. The fourth-order valence-corrected chi connectivity index (χ4v) is 6.35. The van der Waals surface area contributed by atoms with Crippen LogP contribution in [0.25, 0.3) is 5.70 Å². The van der Waals surface area contributed by atoms with Gasteiger partial charge in [0, 0.05) is 54.4 Å². The maximum atomic E-state index is 13.9. The molecule has 1 saturated carbocycles. The predicted octanol–water partition coefficient (Wildman–Crippen LogP) is 5.44. The van der Waals surface area contributed by atoms with Gasteiger partial charge >= 0.3 is 6.18 Å². The van der Waals surface area contributed by atoms with Crippen molar-refractivity contribution in [3.63, 3.8) is 0 Å². The van der Waals surface area contributed by atoms with Gasteiger partial charge in [-0.3, -0.25) is 14.5 Å². The molecule has 6 N–H and O–H groups in total. The number of benzene rings is 2. The van der Waals surface area contributed by atoms with Gasteiger partial charge in [-0.05, 0) is 107 Å². The Morgan fingerprint density at radius 2 is 1.80 bits per heavy atom. The number of nitrogens with zero attached hydrogens (tertiary/aromatic N) is 4. The van der Waals surface area contributed by atoms with Crippen LogP contribution < -0.4 is 27.2 Å². The Hall–Kier alpha value is -3.87. The standard InChI is InChI=1S/C33H43F3N8O/c1-21-6-7-24(16-31(21)44(38)20-30(37)29-19-40-42(3)22(29)2)32(45)41-27-15-23(14-25(17-27)33(34,35)36)18-39-26-8-10-28(11-9-26)43-12-4-5-13-43/h6-7,14-17,19-20,26,28,39H,4-5,8-13,18,37-38H2,1-3H3,(H,41,45)/b30-20-. The number of halogens is 3. The van der Waals surface area contributed by atoms with Crippen LogP contribution in [-0.4, -0.2) is 45.8 Å². The summed E-state index contributed by atoms with van der Waals surface area (Å²) in [5, 5.41) is 11.6. The summed E-state index contributed by atoms with van der Waals surface area (Å²) in [5.74, 6) is 5.77. The van der Waals surface area contributed by atoms with E-state index in [0.29, 0.717) is 23.0 Å². The van der Waals surface area contributed by atoms with Crippen LogP contribution in [-0.2, 0) is 19.8 Å². The van der Waals surface area contributed by atoms with E-state index in [1.54, 1.807) is 41.3 Å². The second-order valence-corrected chi connectivity index (χ2v) is 12.3. The van der Waals surface area contributed by atoms with E-state index < -0.39 is 17.6 Å². The average molecular weight is 625 g/mol. The van der Waals surface area contributed by atoms with Crippen LogP contribution in [0, 0.1) is 13.8 Å². The topological polar surface area (TPSA) is 117 Å². The van der Waals surface area contributed by atoms with Gasteiger partial charge in [-0.25, -0.2) is 5.84 Å². The first-order chi connectivity index (χ1) is 21.4. The third kappa shape index (κ3) is 7.86. The molecule has 1 aromatic heterocycles. The number of aromatic nitrogens is 2. The van der Waals surface area contributed by atoms with Crippen molar-refractivity contribution in [3.8, 4) is 0 Å². The van der Waals surface area contributed by atoms with Crippen molar-refractivity contribution in [3.05, 3.63) is 82.3 Å². The van der Waals surface area contributed by atoms with E-state index >= 15 is 0 Å². The lowest BCUT2D eigenvalue weighted by molar-refractivity contribution is -0.137. The Kier molecular flexibility index (Phi) is 9.85. The van der Waals surface area contributed by atoms with Gasteiger partial charge in [0.25, 0.3) is 5.91 Å². The lowest BCUT2D eigenvalue weighted by Crippen LogP contribution is -2.41. The van der Waals surface area contributed by atoms with Gasteiger partial charge in [0.15, 0.2) is 0 Å². The Balaban J connectivity index is 1.27. The molecule has 1 saturated heterocycles. The number of hydrogen-bond acceptors (Lipinski definition) is 7. The van der Waals surface area contributed by atoms with Gasteiger partial charge in [-0.15, -0.1) is 0 Å². The quantitative estimate of drug-likeness (QED) is 0.185. The number of carbonyl (C=O) groups excluding carboxylic acids is 1. The normalized spacial score (nSPS) is 19.6. The summed E-state index contributed by atoms with van der Waals surface area (Å²) in [4.78, 5) is 15.9.